The lowest BCUT2D eigenvalue weighted by Crippen LogP contribution is -2.45. The molecule has 2 rings (SSSR count). The molecule has 0 radical (unpaired) electrons. The van der Waals surface area contributed by atoms with E-state index < -0.39 is 0 Å². The summed E-state index contributed by atoms with van der Waals surface area (Å²) >= 11 is 0. The molecule has 1 aliphatic rings. The Balaban J connectivity index is 2.03. The van der Waals surface area contributed by atoms with E-state index in [-0.39, 0.29) is 11.9 Å². The second-order valence-corrected chi connectivity index (χ2v) is 5.76. The Labute approximate surface area is 122 Å². The molecule has 110 valence electrons. The van der Waals surface area contributed by atoms with E-state index in [9.17, 15) is 4.79 Å². The normalized spacial score (nSPS) is 16.8. The first kappa shape index (κ1) is 15.0. The van der Waals surface area contributed by atoms with Crippen LogP contribution < -0.4 is 10.6 Å². The Bertz CT molecular complexity index is 410. The lowest BCUT2D eigenvalue weighted by molar-refractivity contribution is -0.123. The van der Waals surface area contributed by atoms with Gasteiger partial charge in [0.25, 0.3) is 0 Å². The minimum absolute atomic E-state index is 0.145. The molecule has 20 heavy (non-hydrogen) atoms. The molecule has 1 fully saturated rings. The lowest BCUT2D eigenvalue weighted by atomic mass is 9.88. The van der Waals surface area contributed by atoms with Crippen molar-refractivity contribution in [3.8, 4) is 0 Å². The van der Waals surface area contributed by atoms with E-state index in [1.165, 1.54) is 5.56 Å². The van der Waals surface area contributed by atoms with Crippen molar-refractivity contribution in [3.05, 3.63) is 35.9 Å². The second kappa shape index (κ2) is 7.44. The monoisotopic (exact) mass is 274 g/mol. The molecule has 1 saturated heterocycles. The van der Waals surface area contributed by atoms with Crippen molar-refractivity contribution in [2.75, 3.05) is 13.1 Å². The van der Waals surface area contributed by atoms with Gasteiger partial charge in [-0.25, -0.2) is 0 Å². The van der Waals surface area contributed by atoms with Crippen LogP contribution in [0.1, 0.15) is 44.7 Å². The van der Waals surface area contributed by atoms with Crippen LogP contribution in [-0.4, -0.2) is 19.0 Å². The zero-order chi connectivity index (χ0) is 14.4. The first-order valence-corrected chi connectivity index (χ1v) is 7.79. The molecule has 0 spiro atoms. The Morgan fingerprint density at radius 2 is 1.90 bits per heavy atom. The van der Waals surface area contributed by atoms with Crippen LogP contribution >= 0.6 is 0 Å². The molecule has 1 unspecified atom stereocenters. The smallest absolute Gasteiger partial charge is 0.220 e. The zero-order valence-electron chi connectivity index (χ0n) is 12.6. The molecule has 0 aromatic heterocycles. The minimum atomic E-state index is 0.145. The van der Waals surface area contributed by atoms with Crippen molar-refractivity contribution in [1.29, 1.82) is 0 Å². The van der Waals surface area contributed by atoms with Gasteiger partial charge in [0, 0.05) is 6.42 Å². The number of carbonyl (C=O) groups excluding carboxylic acids is 1. The second-order valence-electron chi connectivity index (χ2n) is 5.76. The number of nitrogens with one attached hydrogen (secondary N) is 2. The summed E-state index contributed by atoms with van der Waals surface area (Å²) in [6.07, 6.45) is 2.82. The highest BCUT2D eigenvalue weighted by molar-refractivity contribution is 5.77. The van der Waals surface area contributed by atoms with Crippen molar-refractivity contribution in [1.82, 2.24) is 10.6 Å². The summed E-state index contributed by atoms with van der Waals surface area (Å²) < 4.78 is 0. The fourth-order valence-electron chi connectivity index (χ4n) is 2.88. The van der Waals surface area contributed by atoms with Gasteiger partial charge in [-0.2, -0.15) is 0 Å². The molecule has 0 aliphatic carbocycles. The van der Waals surface area contributed by atoms with Crippen molar-refractivity contribution in [3.63, 3.8) is 0 Å². The average molecular weight is 274 g/mol. The fourth-order valence-corrected chi connectivity index (χ4v) is 2.88. The number of rotatable bonds is 7. The van der Waals surface area contributed by atoms with E-state index in [2.05, 4.69) is 36.6 Å². The van der Waals surface area contributed by atoms with E-state index in [0.717, 1.165) is 25.9 Å². The molecule has 0 bridgehead atoms. The van der Waals surface area contributed by atoms with E-state index in [1.807, 2.05) is 18.2 Å². The van der Waals surface area contributed by atoms with Crippen LogP contribution in [0.2, 0.25) is 0 Å². The Kier molecular flexibility index (Phi) is 5.60. The maximum atomic E-state index is 12.2. The third-order valence-corrected chi connectivity index (χ3v) is 4.34. The van der Waals surface area contributed by atoms with Crippen LogP contribution in [0.5, 0.6) is 0 Å². The molecule has 3 heteroatoms. The molecular formula is C17H26N2O. The summed E-state index contributed by atoms with van der Waals surface area (Å²) in [6, 6.07) is 10.5. The van der Waals surface area contributed by atoms with Gasteiger partial charge in [0.05, 0.1) is 6.04 Å². The highest BCUT2D eigenvalue weighted by Gasteiger charge is 2.25. The number of hydrogen-bond donors (Lipinski definition) is 2. The van der Waals surface area contributed by atoms with Crippen LogP contribution in [-0.2, 0) is 4.79 Å². The predicted molar refractivity (Wildman–Crippen MR) is 82.4 cm³/mol. The summed E-state index contributed by atoms with van der Waals surface area (Å²) in [5.74, 6) is 1.21. The molecule has 1 heterocycles. The van der Waals surface area contributed by atoms with Crippen LogP contribution in [0.3, 0.4) is 0 Å². The van der Waals surface area contributed by atoms with E-state index in [1.54, 1.807) is 0 Å². The van der Waals surface area contributed by atoms with Gasteiger partial charge in [0.1, 0.15) is 0 Å². The van der Waals surface area contributed by atoms with Gasteiger partial charge in [0.2, 0.25) is 5.91 Å². The summed E-state index contributed by atoms with van der Waals surface area (Å²) in [5, 5.41) is 6.48. The lowest BCUT2D eigenvalue weighted by Gasteiger charge is -2.30. The van der Waals surface area contributed by atoms with Crippen molar-refractivity contribution >= 4 is 5.91 Å². The molecule has 1 aromatic rings. The highest BCUT2D eigenvalue weighted by Crippen LogP contribution is 2.27. The fraction of sp³-hybridized carbons (Fsp3) is 0.588. The topological polar surface area (TPSA) is 41.1 Å². The minimum Gasteiger partial charge on any atom is -0.349 e. The van der Waals surface area contributed by atoms with Crippen LogP contribution in [0.15, 0.2) is 30.3 Å². The van der Waals surface area contributed by atoms with Gasteiger partial charge in [-0.3, -0.25) is 4.79 Å². The van der Waals surface area contributed by atoms with Gasteiger partial charge in [-0.1, -0.05) is 57.0 Å². The van der Waals surface area contributed by atoms with E-state index >= 15 is 0 Å². The van der Waals surface area contributed by atoms with Crippen LogP contribution in [0, 0.1) is 11.8 Å². The quantitative estimate of drug-likeness (QED) is 0.802. The third kappa shape index (κ3) is 3.83. The van der Waals surface area contributed by atoms with Gasteiger partial charge in [0.15, 0.2) is 0 Å². The number of carbonyl (C=O) groups is 1. The van der Waals surface area contributed by atoms with E-state index in [4.69, 9.17) is 0 Å². The maximum absolute atomic E-state index is 12.2. The van der Waals surface area contributed by atoms with Crippen molar-refractivity contribution in [2.45, 2.75) is 39.2 Å². The largest absolute Gasteiger partial charge is 0.349 e. The molecular weight excluding hydrogens is 248 g/mol. The van der Waals surface area contributed by atoms with Gasteiger partial charge < -0.3 is 10.6 Å². The summed E-state index contributed by atoms with van der Waals surface area (Å²) in [6.45, 7) is 6.36. The summed E-state index contributed by atoms with van der Waals surface area (Å²) in [7, 11) is 0. The first-order chi connectivity index (χ1) is 9.74. The van der Waals surface area contributed by atoms with E-state index in [0.29, 0.717) is 18.3 Å². The average Bonchev–Trinajstić information content (AvgIpc) is 2.44. The third-order valence-electron chi connectivity index (χ3n) is 4.34. The van der Waals surface area contributed by atoms with Gasteiger partial charge in [-0.05, 0) is 30.5 Å². The van der Waals surface area contributed by atoms with Crippen molar-refractivity contribution in [2.24, 2.45) is 11.8 Å². The van der Waals surface area contributed by atoms with Crippen molar-refractivity contribution < 1.29 is 4.79 Å². The van der Waals surface area contributed by atoms with Gasteiger partial charge in [-0.15, -0.1) is 0 Å². The molecule has 1 atom stereocenters. The Hall–Kier alpha value is -1.35. The van der Waals surface area contributed by atoms with Crippen LogP contribution in [0.25, 0.3) is 0 Å². The Morgan fingerprint density at radius 1 is 1.25 bits per heavy atom. The molecule has 2 N–H and O–H groups in total. The SMILES string of the molecule is CCC(CC)C(NC(=O)CC1CNC1)c1ccccc1. The summed E-state index contributed by atoms with van der Waals surface area (Å²) in [5.41, 5.74) is 1.22. The molecule has 1 amide bonds. The molecule has 1 aromatic carbocycles. The first-order valence-electron chi connectivity index (χ1n) is 7.79. The van der Waals surface area contributed by atoms with Crippen LogP contribution in [0.4, 0.5) is 0 Å². The number of benzene rings is 1. The van der Waals surface area contributed by atoms with Gasteiger partial charge >= 0.3 is 0 Å². The highest BCUT2D eigenvalue weighted by atomic mass is 16.1. The zero-order valence-corrected chi connectivity index (χ0v) is 12.6. The molecule has 0 saturated carbocycles. The maximum Gasteiger partial charge on any atom is 0.220 e. The molecule has 3 nitrogen and oxygen atoms in total. The predicted octanol–water partition coefficient (Wildman–Crippen LogP) is 2.89. The summed E-state index contributed by atoms with van der Waals surface area (Å²) in [4.78, 5) is 12.2. The molecule has 1 aliphatic heterocycles. The standard InChI is InChI=1S/C17H26N2O/c1-3-14(4-2)17(15-8-6-5-7-9-15)19-16(20)10-13-11-18-12-13/h5-9,13-14,17-18H,3-4,10-12H2,1-2H3,(H,19,20). The number of hydrogen-bond acceptors (Lipinski definition) is 2. The number of amides is 1. The Morgan fingerprint density at radius 3 is 2.40 bits per heavy atom.